The molecule has 0 spiro atoms. The van der Waals surface area contributed by atoms with Crippen LogP contribution in [0.3, 0.4) is 0 Å². The Morgan fingerprint density at radius 1 is 1.31 bits per heavy atom. The molecule has 2 unspecified atom stereocenters. The smallest absolute Gasteiger partial charge is 0.0322 e. The van der Waals surface area contributed by atoms with Crippen LogP contribution in [0.2, 0.25) is 0 Å². The molecule has 0 saturated carbocycles. The maximum Gasteiger partial charge on any atom is 0.0322 e. The van der Waals surface area contributed by atoms with E-state index < -0.39 is 0 Å². The molecule has 0 fully saturated rings. The van der Waals surface area contributed by atoms with Crippen LogP contribution in [0, 0.1) is 12.3 Å². The summed E-state index contributed by atoms with van der Waals surface area (Å²) in [7, 11) is 0. The van der Waals surface area contributed by atoms with Gasteiger partial charge in [-0.3, -0.25) is 0 Å². The number of rotatable bonds is 6. The Morgan fingerprint density at radius 3 is 2.56 bits per heavy atom. The minimum atomic E-state index is 0.377. The third-order valence-corrected chi connectivity index (χ3v) is 2.69. The number of terminal acetylenes is 1. The van der Waals surface area contributed by atoms with Crippen LogP contribution in [-0.2, 0) is 0 Å². The lowest BCUT2D eigenvalue weighted by atomic mass is 10.0. The fraction of sp³-hybridized carbons (Fsp3) is 0.467. The van der Waals surface area contributed by atoms with E-state index in [4.69, 9.17) is 6.42 Å². The molecule has 0 aliphatic carbocycles. The molecule has 0 saturated heterocycles. The molecule has 0 aliphatic rings. The van der Waals surface area contributed by atoms with Gasteiger partial charge in [-0.05, 0) is 18.9 Å². The maximum absolute atomic E-state index is 5.33. The molecule has 0 amide bonds. The van der Waals surface area contributed by atoms with Crippen molar-refractivity contribution in [2.24, 2.45) is 0 Å². The third kappa shape index (κ3) is 4.08. The van der Waals surface area contributed by atoms with E-state index in [2.05, 4.69) is 55.4 Å². The molecule has 1 aromatic carbocycles. The zero-order chi connectivity index (χ0) is 11.8. The largest absolute Gasteiger partial charge is 0.307 e. The van der Waals surface area contributed by atoms with E-state index >= 15 is 0 Å². The van der Waals surface area contributed by atoms with Gasteiger partial charge in [-0.25, -0.2) is 0 Å². The molecular weight excluding hydrogens is 194 g/mol. The zero-order valence-electron chi connectivity index (χ0n) is 10.2. The minimum absolute atomic E-state index is 0.377. The Hall–Kier alpha value is -1.26. The lowest BCUT2D eigenvalue weighted by molar-refractivity contribution is 0.435. The van der Waals surface area contributed by atoms with Crippen molar-refractivity contribution in [2.75, 3.05) is 0 Å². The first-order valence-electron chi connectivity index (χ1n) is 6.02. The second-order valence-corrected chi connectivity index (χ2v) is 4.23. The summed E-state index contributed by atoms with van der Waals surface area (Å²) in [5.74, 6) is 2.70. The van der Waals surface area contributed by atoms with Crippen molar-refractivity contribution in [3.05, 3.63) is 35.9 Å². The lowest BCUT2D eigenvalue weighted by Gasteiger charge is -2.22. The van der Waals surface area contributed by atoms with Gasteiger partial charge in [-0.1, -0.05) is 43.7 Å². The Balaban J connectivity index is 2.65. The Bertz CT molecular complexity index is 323. The van der Waals surface area contributed by atoms with Crippen LogP contribution in [-0.4, -0.2) is 6.04 Å². The molecule has 1 rings (SSSR count). The highest BCUT2D eigenvalue weighted by Crippen LogP contribution is 2.19. The summed E-state index contributed by atoms with van der Waals surface area (Å²) in [5.41, 5.74) is 1.35. The van der Waals surface area contributed by atoms with Crippen LogP contribution in [0.15, 0.2) is 30.3 Å². The van der Waals surface area contributed by atoms with Crippen LogP contribution >= 0.6 is 0 Å². The maximum atomic E-state index is 5.33. The van der Waals surface area contributed by atoms with Gasteiger partial charge in [0.15, 0.2) is 0 Å². The lowest BCUT2D eigenvalue weighted by Crippen LogP contribution is -2.30. The summed E-state index contributed by atoms with van der Waals surface area (Å²) in [6.07, 6.45) is 8.44. The number of hydrogen-bond donors (Lipinski definition) is 1. The molecule has 1 heteroatoms. The molecule has 0 heterocycles. The first kappa shape index (κ1) is 12.8. The van der Waals surface area contributed by atoms with E-state index in [1.807, 2.05) is 0 Å². The van der Waals surface area contributed by atoms with Crippen LogP contribution in [0.1, 0.15) is 44.7 Å². The summed E-state index contributed by atoms with van der Waals surface area (Å²) in [6.45, 7) is 4.36. The van der Waals surface area contributed by atoms with Crippen molar-refractivity contribution in [3.63, 3.8) is 0 Å². The second-order valence-electron chi connectivity index (χ2n) is 4.23. The molecule has 0 aromatic heterocycles. The van der Waals surface area contributed by atoms with Crippen LogP contribution in [0.5, 0.6) is 0 Å². The fourth-order valence-electron chi connectivity index (χ4n) is 1.90. The second kappa shape index (κ2) is 7.09. The monoisotopic (exact) mass is 215 g/mol. The molecule has 0 bridgehead atoms. The standard InChI is InChI=1S/C15H21N/c1-4-9-13(3)16-15(10-5-2)14-11-7-6-8-12-14/h1,6-8,11-13,15-16H,5,9-10H2,2-3H3. The predicted molar refractivity (Wildman–Crippen MR) is 70.1 cm³/mol. The van der Waals surface area contributed by atoms with Gasteiger partial charge in [-0.2, -0.15) is 0 Å². The Kier molecular flexibility index (Phi) is 5.67. The normalized spacial score (nSPS) is 14.1. The van der Waals surface area contributed by atoms with Crippen molar-refractivity contribution < 1.29 is 0 Å². The minimum Gasteiger partial charge on any atom is -0.307 e. The van der Waals surface area contributed by atoms with Crippen molar-refractivity contribution in [3.8, 4) is 12.3 Å². The van der Waals surface area contributed by atoms with E-state index in [0.717, 1.165) is 12.8 Å². The van der Waals surface area contributed by atoms with Gasteiger partial charge in [0.1, 0.15) is 0 Å². The molecule has 16 heavy (non-hydrogen) atoms. The van der Waals surface area contributed by atoms with Crippen molar-refractivity contribution in [1.29, 1.82) is 0 Å². The summed E-state index contributed by atoms with van der Waals surface area (Å²) >= 11 is 0. The van der Waals surface area contributed by atoms with E-state index in [-0.39, 0.29) is 0 Å². The highest BCUT2D eigenvalue weighted by Gasteiger charge is 2.12. The van der Waals surface area contributed by atoms with E-state index in [9.17, 15) is 0 Å². The van der Waals surface area contributed by atoms with Crippen LogP contribution < -0.4 is 5.32 Å². The zero-order valence-corrected chi connectivity index (χ0v) is 10.2. The first-order chi connectivity index (χ1) is 7.77. The van der Waals surface area contributed by atoms with Crippen molar-refractivity contribution >= 4 is 0 Å². The van der Waals surface area contributed by atoms with Gasteiger partial charge in [-0.15, -0.1) is 12.3 Å². The molecule has 0 radical (unpaired) electrons. The number of nitrogens with one attached hydrogen (secondary N) is 1. The van der Waals surface area contributed by atoms with E-state index in [1.54, 1.807) is 0 Å². The summed E-state index contributed by atoms with van der Waals surface area (Å²) in [6, 6.07) is 11.4. The van der Waals surface area contributed by atoms with E-state index in [0.29, 0.717) is 12.1 Å². The molecule has 2 atom stereocenters. The first-order valence-corrected chi connectivity index (χ1v) is 6.02. The Morgan fingerprint density at radius 2 is 2.00 bits per heavy atom. The van der Waals surface area contributed by atoms with Gasteiger partial charge < -0.3 is 5.32 Å². The molecule has 0 aliphatic heterocycles. The summed E-state index contributed by atoms with van der Waals surface area (Å²) < 4.78 is 0. The van der Waals surface area contributed by atoms with Crippen LogP contribution in [0.4, 0.5) is 0 Å². The van der Waals surface area contributed by atoms with E-state index in [1.165, 1.54) is 12.0 Å². The summed E-state index contributed by atoms with van der Waals surface area (Å²) in [5, 5.41) is 3.59. The van der Waals surface area contributed by atoms with Gasteiger partial charge in [0.05, 0.1) is 0 Å². The van der Waals surface area contributed by atoms with Crippen molar-refractivity contribution in [1.82, 2.24) is 5.32 Å². The topological polar surface area (TPSA) is 12.0 Å². The van der Waals surface area contributed by atoms with Crippen LogP contribution in [0.25, 0.3) is 0 Å². The van der Waals surface area contributed by atoms with Gasteiger partial charge in [0, 0.05) is 18.5 Å². The average molecular weight is 215 g/mol. The Labute approximate surface area is 99.3 Å². The predicted octanol–water partition coefficient (Wildman–Crippen LogP) is 3.53. The van der Waals surface area contributed by atoms with Gasteiger partial charge in [0.2, 0.25) is 0 Å². The summed E-state index contributed by atoms with van der Waals surface area (Å²) in [4.78, 5) is 0. The van der Waals surface area contributed by atoms with Gasteiger partial charge in [0.25, 0.3) is 0 Å². The SMILES string of the molecule is C#CCC(C)NC(CCC)c1ccccc1. The van der Waals surface area contributed by atoms with Gasteiger partial charge >= 0.3 is 0 Å². The van der Waals surface area contributed by atoms with Crippen molar-refractivity contribution in [2.45, 2.75) is 45.2 Å². The molecule has 1 N–H and O–H groups in total. The number of benzene rings is 1. The fourth-order valence-corrected chi connectivity index (χ4v) is 1.90. The third-order valence-electron chi connectivity index (χ3n) is 2.69. The highest BCUT2D eigenvalue weighted by atomic mass is 14.9. The quantitative estimate of drug-likeness (QED) is 0.716. The molecule has 1 nitrogen and oxygen atoms in total. The number of hydrogen-bond acceptors (Lipinski definition) is 1. The molecule has 86 valence electrons. The molecule has 1 aromatic rings. The molecular formula is C15H21N. The highest BCUT2D eigenvalue weighted by molar-refractivity contribution is 5.19. The average Bonchev–Trinajstić information content (AvgIpc) is 2.30.